The Kier molecular flexibility index (Phi) is 5.81. The van der Waals surface area contributed by atoms with Gasteiger partial charge in [-0.3, -0.25) is 0 Å². The van der Waals surface area contributed by atoms with Crippen molar-refractivity contribution in [3.63, 3.8) is 0 Å². The highest BCUT2D eigenvalue weighted by Gasteiger charge is 2.21. The lowest BCUT2D eigenvalue weighted by molar-refractivity contribution is 0.455. The Morgan fingerprint density at radius 1 is 0.526 bits per heavy atom. The maximum atomic E-state index is 6.47. The molecule has 182 valence electrons. The van der Waals surface area contributed by atoms with Crippen molar-refractivity contribution in [3.8, 4) is 22.6 Å². The summed E-state index contributed by atoms with van der Waals surface area (Å²) in [5, 5.41) is 2.95. The molecule has 0 radical (unpaired) electrons. The van der Waals surface area contributed by atoms with Gasteiger partial charge < -0.3 is 9.64 Å². The topological polar surface area (TPSA) is 12.5 Å². The summed E-state index contributed by atoms with van der Waals surface area (Å²) in [6, 6.07) is 46.1. The smallest absolute Gasteiger partial charge is 0.142 e. The van der Waals surface area contributed by atoms with Gasteiger partial charge in [0.2, 0.25) is 0 Å². The van der Waals surface area contributed by atoms with E-state index in [-0.39, 0.29) is 0 Å². The Balaban J connectivity index is 1.26. The first-order valence-corrected chi connectivity index (χ1v) is 13.7. The third-order valence-electron chi connectivity index (χ3n) is 6.78. The zero-order valence-corrected chi connectivity index (χ0v) is 21.9. The number of hydrogen-bond donors (Lipinski definition) is 0. The summed E-state index contributed by atoms with van der Waals surface area (Å²) in [7, 11) is 0. The first kappa shape index (κ1) is 23.0. The number of hydrogen-bond acceptors (Lipinski definition) is 3. The fraction of sp³-hybridized carbons (Fsp3) is 0. The van der Waals surface area contributed by atoms with E-state index in [1.54, 1.807) is 11.8 Å². The molecule has 0 fully saturated rings. The van der Waals surface area contributed by atoms with Crippen LogP contribution in [0.3, 0.4) is 0 Å². The van der Waals surface area contributed by atoms with Gasteiger partial charge in [0.25, 0.3) is 0 Å². The largest absolute Gasteiger partial charge is 0.455 e. The third kappa shape index (κ3) is 4.10. The van der Waals surface area contributed by atoms with E-state index in [2.05, 4.69) is 114 Å². The van der Waals surface area contributed by atoms with E-state index in [0.717, 1.165) is 65.3 Å². The van der Waals surface area contributed by atoms with Crippen molar-refractivity contribution < 1.29 is 4.74 Å². The molecule has 0 saturated carbocycles. The first-order valence-electron chi connectivity index (χ1n) is 12.5. The van der Waals surface area contributed by atoms with Crippen LogP contribution in [0.5, 0.6) is 11.5 Å². The number of nitrogens with zero attached hydrogens (tertiary/aromatic N) is 1. The van der Waals surface area contributed by atoms with E-state index < -0.39 is 0 Å². The predicted molar refractivity (Wildman–Crippen MR) is 160 cm³/mol. The van der Waals surface area contributed by atoms with Crippen molar-refractivity contribution in [3.05, 3.63) is 138 Å². The van der Waals surface area contributed by atoms with Crippen LogP contribution in [0.25, 0.3) is 21.9 Å². The maximum absolute atomic E-state index is 6.47. The highest BCUT2D eigenvalue weighted by molar-refractivity contribution is 7.99. The monoisotopic (exact) mass is 527 g/mol. The summed E-state index contributed by atoms with van der Waals surface area (Å²) in [5.41, 5.74) is 5.56. The maximum Gasteiger partial charge on any atom is 0.142 e. The standard InChI is InChI=1S/C34H22ClNOS/c35-30-18-17-27(28-13-7-8-14-29(28)30)23-15-20-33-32(21-23)37-31-19-16-26(22-34(31)38-33)36(24-9-3-1-4-10-24)25-11-5-2-6-12-25/h1-22H. The number of rotatable bonds is 4. The van der Waals surface area contributed by atoms with E-state index in [1.165, 1.54) is 0 Å². The number of ether oxygens (including phenoxy) is 1. The molecule has 1 aliphatic heterocycles. The van der Waals surface area contributed by atoms with E-state index in [4.69, 9.17) is 16.3 Å². The van der Waals surface area contributed by atoms with Crippen molar-refractivity contribution in [1.82, 2.24) is 0 Å². The first-order chi connectivity index (χ1) is 18.7. The van der Waals surface area contributed by atoms with Gasteiger partial charge in [-0.2, -0.15) is 0 Å². The lowest BCUT2D eigenvalue weighted by Gasteiger charge is -2.27. The minimum absolute atomic E-state index is 0.763. The van der Waals surface area contributed by atoms with Crippen LogP contribution in [-0.4, -0.2) is 0 Å². The van der Waals surface area contributed by atoms with Crippen LogP contribution in [0, 0.1) is 0 Å². The molecule has 1 heterocycles. The summed E-state index contributed by atoms with van der Waals surface area (Å²) in [6.45, 7) is 0. The molecule has 0 aliphatic carbocycles. The number of fused-ring (bicyclic) bond motifs is 3. The molecule has 0 bridgehead atoms. The van der Waals surface area contributed by atoms with Crippen LogP contribution in [0.4, 0.5) is 17.1 Å². The molecule has 6 aromatic rings. The van der Waals surface area contributed by atoms with Gasteiger partial charge in [-0.15, -0.1) is 0 Å². The third-order valence-corrected chi connectivity index (χ3v) is 8.21. The van der Waals surface area contributed by atoms with E-state index >= 15 is 0 Å². The van der Waals surface area contributed by atoms with Gasteiger partial charge >= 0.3 is 0 Å². The average molecular weight is 528 g/mol. The number of anilines is 3. The molecule has 0 atom stereocenters. The molecule has 1 aliphatic rings. The molecule has 0 spiro atoms. The molecule has 7 rings (SSSR count). The highest BCUT2D eigenvalue weighted by Crippen LogP contribution is 2.50. The number of halogens is 1. The van der Waals surface area contributed by atoms with Crippen LogP contribution in [0.15, 0.2) is 143 Å². The zero-order valence-electron chi connectivity index (χ0n) is 20.3. The van der Waals surface area contributed by atoms with Crippen LogP contribution >= 0.6 is 23.4 Å². The van der Waals surface area contributed by atoms with E-state index in [9.17, 15) is 0 Å². The fourth-order valence-corrected chi connectivity index (χ4v) is 6.18. The molecular weight excluding hydrogens is 506 g/mol. The molecular formula is C34H22ClNOS. The Morgan fingerprint density at radius 3 is 1.95 bits per heavy atom. The molecule has 2 nitrogen and oxygen atoms in total. The van der Waals surface area contributed by atoms with E-state index in [0.29, 0.717) is 0 Å². The molecule has 0 amide bonds. The minimum Gasteiger partial charge on any atom is -0.455 e. The molecule has 0 aromatic heterocycles. The van der Waals surface area contributed by atoms with Crippen LogP contribution in [-0.2, 0) is 0 Å². The Hall–Kier alpha value is -4.18. The van der Waals surface area contributed by atoms with E-state index in [1.807, 2.05) is 24.3 Å². The van der Waals surface area contributed by atoms with Crippen molar-refractivity contribution in [2.24, 2.45) is 0 Å². The summed E-state index contributed by atoms with van der Waals surface area (Å²) in [4.78, 5) is 4.46. The molecule has 0 saturated heterocycles. The van der Waals surface area contributed by atoms with Gasteiger partial charge in [-0.05, 0) is 77.2 Å². The molecule has 0 unspecified atom stereocenters. The van der Waals surface area contributed by atoms with Gasteiger partial charge in [-0.1, -0.05) is 96.2 Å². The van der Waals surface area contributed by atoms with Gasteiger partial charge in [-0.25, -0.2) is 0 Å². The van der Waals surface area contributed by atoms with Crippen molar-refractivity contribution >= 4 is 51.2 Å². The summed E-state index contributed by atoms with van der Waals surface area (Å²) < 4.78 is 6.46. The molecule has 6 aromatic carbocycles. The summed E-state index contributed by atoms with van der Waals surface area (Å²) >= 11 is 8.21. The SMILES string of the molecule is Clc1ccc(-c2ccc3c(c2)Oc2ccc(N(c4ccccc4)c4ccccc4)cc2S3)c2ccccc12. The summed E-state index contributed by atoms with van der Waals surface area (Å²) in [6.07, 6.45) is 0. The van der Waals surface area contributed by atoms with Crippen molar-refractivity contribution in [2.75, 3.05) is 4.90 Å². The Morgan fingerprint density at radius 2 is 1.21 bits per heavy atom. The Labute approximate surface area is 231 Å². The summed E-state index contributed by atoms with van der Waals surface area (Å²) in [5.74, 6) is 1.74. The van der Waals surface area contributed by atoms with Crippen molar-refractivity contribution in [2.45, 2.75) is 9.79 Å². The quantitative estimate of drug-likeness (QED) is 0.226. The predicted octanol–water partition coefficient (Wildman–Crippen LogP) is 10.9. The second kappa shape index (κ2) is 9.60. The number of para-hydroxylation sites is 2. The van der Waals surface area contributed by atoms with Gasteiger partial charge in [0.15, 0.2) is 0 Å². The average Bonchev–Trinajstić information content (AvgIpc) is 2.97. The number of benzene rings is 6. The van der Waals surface area contributed by atoms with Crippen LogP contribution in [0.1, 0.15) is 0 Å². The van der Waals surface area contributed by atoms with Crippen LogP contribution < -0.4 is 9.64 Å². The lowest BCUT2D eigenvalue weighted by Crippen LogP contribution is -2.10. The normalized spacial score (nSPS) is 11.9. The molecule has 0 N–H and O–H groups in total. The van der Waals surface area contributed by atoms with Crippen LogP contribution in [0.2, 0.25) is 5.02 Å². The van der Waals surface area contributed by atoms with Crippen molar-refractivity contribution in [1.29, 1.82) is 0 Å². The zero-order chi connectivity index (χ0) is 25.5. The Bertz CT molecular complexity index is 1750. The van der Waals surface area contributed by atoms with Gasteiger partial charge in [0, 0.05) is 27.5 Å². The lowest BCUT2D eigenvalue weighted by atomic mass is 9.98. The second-order valence-corrected chi connectivity index (χ2v) is 10.6. The van der Waals surface area contributed by atoms with Gasteiger partial charge in [0.05, 0.1) is 9.79 Å². The van der Waals surface area contributed by atoms with Gasteiger partial charge in [0.1, 0.15) is 11.5 Å². The molecule has 38 heavy (non-hydrogen) atoms. The fourth-order valence-electron chi connectivity index (χ4n) is 4.99. The highest BCUT2D eigenvalue weighted by atomic mass is 35.5. The minimum atomic E-state index is 0.763. The molecule has 4 heteroatoms. The second-order valence-electron chi connectivity index (χ2n) is 9.14.